The molecule has 1 aliphatic rings. The highest BCUT2D eigenvalue weighted by Gasteiger charge is 2.37. The van der Waals surface area contributed by atoms with Gasteiger partial charge in [-0.3, -0.25) is 14.9 Å². The van der Waals surface area contributed by atoms with Crippen molar-refractivity contribution in [2.45, 2.75) is 195 Å². The summed E-state index contributed by atoms with van der Waals surface area (Å²) in [5.74, 6) is 0.787. The molecule has 250 valence electrons. The van der Waals surface area contributed by atoms with Crippen LogP contribution in [-0.2, 0) is 9.59 Å². The van der Waals surface area contributed by atoms with Crippen molar-refractivity contribution in [2.24, 2.45) is 23.7 Å². The molecule has 0 saturated carbocycles. The lowest BCUT2D eigenvalue weighted by molar-refractivity contribution is -0.125. The van der Waals surface area contributed by atoms with E-state index in [9.17, 15) is 9.59 Å². The van der Waals surface area contributed by atoms with E-state index in [1.165, 1.54) is 154 Å². The summed E-state index contributed by atoms with van der Waals surface area (Å²) in [4.78, 5) is 24.7. The Bertz CT molecular complexity index is 662. The van der Waals surface area contributed by atoms with Gasteiger partial charge in [0.1, 0.15) is 0 Å². The number of imide groups is 1. The lowest BCUT2D eigenvalue weighted by Crippen LogP contribution is -2.21. The molecule has 2 amide bonds. The van der Waals surface area contributed by atoms with Crippen molar-refractivity contribution in [3.8, 4) is 0 Å². The van der Waals surface area contributed by atoms with Crippen LogP contribution in [0, 0.1) is 23.7 Å². The van der Waals surface area contributed by atoms with E-state index in [2.05, 4.69) is 45.2 Å². The quantitative estimate of drug-likeness (QED) is 0.0507. The van der Waals surface area contributed by atoms with Gasteiger partial charge in [-0.15, -0.1) is 0 Å². The molecule has 0 aromatic rings. The summed E-state index contributed by atoms with van der Waals surface area (Å²) in [6.07, 6.45) is 42.9. The third kappa shape index (κ3) is 23.6. The summed E-state index contributed by atoms with van der Waals surface area (Å²) >= 11 is 0. The van der Waals surface area contributed by atoms with Crippen LogP contribution in [-0.4, -0.2) is 11.8 Å². The largest absolute Gasteiger partial charge is 0.295 e. The van der Waals surface area contributed by atoms with Gasteiger partial charge in [0.25, 0.3) is 0 Å². The average molecular weight is 600 g/mol. The normalized spacial score (nSPS) is 17.4. The number of carbonyl (C=O) groups is 2. The minimum Gasteiger partial charge on any atom is -0.295 e. The molecule has 0 bridgehead atoms. The molecule has 2 atom stereocenters. The fraction of sp³-hybridized carbons (Fsp3) is 0.850. The number of nitrogens with one attached hydrogen (secondary N) is 1. The molecule has 1 aliphatic heterocycles. The Balaban J connectivity index is 2.01. The molecule has 0 aliphatic carbocycles. The summed E-state index contributed by atoms with van der Waals surface area (Å²) in [5, 5.41) is 2.54. The molecule has 1 rings (SSSR count). The molecule has 0 spiro atoms. The van der Waals surface area contributed by atoms with Crippen LogP contribution in [0.15, 0.2) is 24.3 Å². The molecule has 3 heteroatoms. The maximum absolute atomic E-state index is 12.3. The first kappa shape index (κ1) is 39.6. The molecule has 2 unspecified atom stereocenters. The highest BCUT2D eigenvalue weighted by atomic mass is 16.2. The van der Waals surface area contributed by atoms with Gasteiger partial charge in [-0.1, -0.05) is 193 Å². The lowest BCUT2D eigenvalue weighted by atomic mass is 9.93. The van der Waals surface area contributed by atoms with E-state index in [0.29, 0.717) is 0 Å². The van der Waals surface area contributed by atoms with E-state index < -0.39 is 0 Å². The lowest BCUT2D eigenvalue weighted by Gasteiger charge is -2.07. The number of rotatable bonds is 30. The minimum absolute atomic E-state index is 0.133. The fourth-order valence-corrected chi connectivity index (χ4v) is 6.33. The van der Waals surface area contributed by atoms with Crippen molar-refractivity contribution in [3.63, 3.8) is 0 Å². The van der Waals surface area contributed by atoms with Crippen molar-refractivity contribution in [2.75, 3.05) is 0 Å². The Morgan fingerprint density at radius 2 is 0.698 bits per heavy atom. The second-order valence-corrected chi connectivity index (χ2v) is 14.5. The number of hydrogen-bond acceptors (Lipinski definition) is 2. The third-order valence-corrected chi connectivity index (χ3v) is 9.23. The summed E-state index contributed by atoms with van der Waals surface area (Å²) in [6.45, 7) is 9.29. The van der Waals surface area contributed by atoms with E-state index in [0.717, 1.165) is 24.7 Å². The van der Waals surface area contributed by atoms with Crippen LogP contribution in [0.25, 0.3) is 0 Å². The molecule has 1 heterocycles. The Labute approximate surface area is 268 Å². The molecule has 1 saturated heterocycles. The van der Waals surface area contributed by atoms with Crippen LogP contribution in [0.3, 0.4) is 0 Å². The summed E-state index contributed by atoms with van der Waals surface area (Å²) in [7, 11) is 0. The summed E-state index contributed by atoms with van der Waals surface area (Å²) in [6, 6.07) is 0. The molecule has 0 radical (unpaired) electrons. The second-order valence-electron chi connectivity index (χ2n) is 14.5. The van der Waals surface area contributed by atoms with E-state index in [1.54, 1.807) is 0 Å². The molecule has 1 fully saturated rings. The highest BCUT2D eigenvalue weighted by molar-refractivity contribution is 6.06. The Kier molecular flexibility index (Phi) is 25.9. The topological polar surface area (TPSA) is 46.2 Å². The van der Waals surface area contributed by atoms with Gasteiger partial charge in [0, 0.05) is 0 Å². The van der Waals surface area contributed by atoms with Gasteiger partial charge in [0.05, 0.1) is 11.8 Å². The Morgan fingerprint density at radius 1 is 0.442 bits per heavy atom. The molecular weight excluding hydrogens is 526 g/mol. The van der Waals surface area contributed by atoms with Crippen molar-refractivity contribution in [1.29, 1.82) is 0 Å². The number of hydrogen-bond donors (Lipinski definition) is 1. The van der Waals surface area contributed by atoms with Gasteiger partial charge in [-0.2, -0.15) is 0 Å². The molecule has 1 N–H and O–H groups in total. The van der Waals surface area contributed by atoms with Crippen molar-refractivity contribution in [3.05, 3.63) is 24.3 Å². The van der Waals surface area contributed by atoms with Crippen LogP contribution in [0.2, 0.25) is 0 Å². The Hall–Kier alpha value is -1.38. The van der Waals surface area contributed by atoms with E-state index >= 15 is 0 Å². The van der Waals surface area contributed by atoms with Gasteiger partial charge in [0.15, 0.2) is 0 Å². The van der Waals surface area contributed by atoms with Crippen LogP contribution < -0.4 is 5.32 Å². The number of carbonyl (C=O) groups excluding carboxylic acids is 2. The number of amides is 2. The van der Waals surface area contributed by atoms with Crippen LogP contribution in [0.1, 0.15) is 195 Å². The zero-order valence-electron chi connectivity index (χ0n) is 29.3. The maximum Gasteiger partial charge on any atom is 0.234 e. The van der Waals surface area contributed by atoms with Gasteiger partial charge in [-0.25, -0.2) is 0 Å². The molecular formula is C40H73NO2. The first-order valence-corrected chi connectivity index (χ1v) is 19.1. The molecule has 0 aromatic carbocycles. The fourth-order valence-electron chi connectivity index (χ4n) is 6.33. The second kappa shape index (κ2) is 28.1. The number of allylic oxidation sites excluding steroid dienone is 2. The Morgan fingerprint density at radius 3 is 0.977 bits per heavy atom. The standard InChI is InChI=1S/C40H73NO2/c1-35(2)31-27-23-19-15-11-7-5-9-13-17-21-25-29-33-37-38(40(43)41-39(37)42)34-30-26-22-18-14-10-6-8-12-16-20-24-28-32-36(3)4/h29-30,33-38H,5-28,31-32H2,1-4H3,(H,41,42,43). The zero-order chi connectivity index (χ0) is 31.4. The van der Waals surface area contributed by atoms with Crippen molar-refractivity contribution in [1.82, 2.24) is 5.32 Å². The van der Waals surface area contributed by atoms with Gasteiger partial charge < -0.3 is 0 Å². The van der Waals surface area contributed by atoms with Crippen LogP contribution in [0.4, 0.5) is 0 Å². The summed E-state index contributed by atoms with van der Waals surface area (Å²) in [5.41, 5.74) is 0. The van der Waals surface area contributed by atoms with Crippen molar-refractivity contribution >= 4 is 11.8 Å². The predicted molar refractivity (Wildman–Crippen MR) is 188 cm³/mol. The highest BCUT2D eigenvalue weighted by Crippen LogP contribution is 2.23. The average Bonchev–Trinajstić information content (AvgIpc) is 3.23. The first-order chi connectivity index (χ1) is 20.9. The predicted octanol–water partition coefficient (Wildman–Crippen LogP) is 12.4. The smallest absolute Gasteiger partial charge is 0.234 e. The third-order valence-electron chi connectivity index (χ3n) is 9.23. The molecule has 3 nitrogen and oxygen atoms in total. The van der Waals surface area contributed by atoms with E-state index in [-0.39, 0.29) is 23.7 Å². The van der Waals surface area contributed by atoms with Gasteiger partial charge in [-0.05, 0) is 37.5 Å². The van der Waals surface area contributed by atoms with Gasteiger partial charge in [0.2, 0.25) is 11.8 Å². The van der Waals surface area contributed by atoms with E-state index in [1.807, 2.05) is 12.2 Å². The van der Waals surface area contributed by atoms with Crippen LogP contribution >= 0.6 is 0 Å². The van der Waals surface area contributed by atoms with E-state index in [4.69, 9.17) is 0 Å². The number of unbranched alkanes of at least 4 members (excludes halogenated alkanes) is 22. The minimum atomic E-state index is -0.329. The SMILES string of the molecule is CC(C)CCCCCCCCCCCCCC=CC1C(=O)NC(=O)C1C=CCCCCCCCCCCCCCC(C)C. The molecule has 43 heavy (non-hydrogen) atoms. The monoisotopic (exact) mass is 600 g/mol. The molecule has 0 aromatic heterocycles. The summed E-state index contributed by atoms with van der Waals surface area (Å²) < 4.78 is 0. The van der Waals surface area contributed by atoms with Gasteiger partial charge >= 0.3 is 0 Å². The zero-order valence-corrected chi connectivity index (χ0v) is 29.3. The maximum atomic E-state index is 12.3. The van der Waals surface area contributed by atoms with Crippen molar-refractivity contribution < 1.29 is 9.59 Å². The first-order valence-electron chi connectivity index (χ1n) is 19.1. The van der Waals surface area contributed by atoms with Crippen LogP contribution in [0.5, 0.6) is 0 Å².